The quantitative estimate of drug-likeness (QED) is 0.712. The second-order valence-electron chi connectivity index (χ2n) is 4.79. The minimum Gasteiger partial charge on any atom is -0.483 e. The second kappa shape index (κ2) is 7.05. The van der Waals surface area contributed by atoms with Crippen LogP contribution in [0.2, 0.25) is 0 Å². The first-order valence-corrected chi connectivity index (χ1v) is 6.71. The monoisotopic (exact) mass is 278 g/mol. The highest BCUT2D eigenvalue weighted by atomic mass is 19.1. The van der Waals surface area contributed by atoms with Crippen LogP contribution in [0.25, 0.3) is 0 Å². The van der Waals surface area contributed by atoms with Crippen molar-refractivity contribution in [1.29, 1.82) is 0 Å². The minimum absolute atomic E-state index is 0.0874. The van der Waals surface area contributed by atoms with Gasteiger partial charge in [0.05, 0.1) is 0 Å². The van der Waals surface area contributed by atoms with E-state index in [0.29, 0.717) is 24.9 Å². The summed E-state index contributed by atoms with van der Waals surface area (Å²) in [7, 11) is 0. The van der Waals surface area contributed by atoms with Crippen LogP contribution >= 0.6 is 0 Å². The van der Waals surface area contributed by atoms with E-state index in [1.165, 1.54) is 12.1 Å². The molecule has 0 radical (unpaired) electrons. The molecular formula is C15H19FN2O2. The number of benzene rings is 1. The number of halogens is 1. The minimum atomic E-state index is -0.305. The van der Waals surface area contributed by atoms with E-state index in [2.05, 4.69) is 17.2 Å². The number of ether oxygens (including phenoxy) is 1. The largest absolute Gasteiger partial charge is 0.483 e. The van der Waals surface area contributed by atoms with Gasteiger partial charge in [-0.1, -0.05) is 6.08 Å². The molecule has 0 spiro atoms. The molecule has 0 atom stereocenters. The average molecular weight is 278 g/mol. The molecule has 108 valence electrons. The molecule has 4 nitrogen and oxygen atoms in total. The maximum absolute atomic E-state index is 13.3. The summed E-state index contributed by atoms with van der Waals surface area (Å²) in [5.41, 5.74) is 0.730. The molecular weight excluding hydrogens is 259 g/mol. The standard InChI is InChI=1S/C15H19FN2O2/c1-2-7-17-15(19)10-20-14-6-3-12(16)8-11(14)9-18-13-4-5-13/h2-3,6,8,13,18H,1,4-5,7,9-10H2,(H,17,19). The van der Waals surface area contributed by atoms with Crippen molar-refractivity contribution in [3.63, 3.8) is 0 Å². The van der Waals surface area contributed by atoms with Crippen molar-refractivity contribution in [1.82, 2.24) is 10.6 Å². The van der Waals surface area contributed by atoms with Crippen LogP contribution in [-0.2, 0) is 11.3 Å². The van der Waals surface area contributed by atoms with Gasteiger partial charge in [-0.05, 0) is 31.0 Å². The number of carbonyl (C=O) groups excluding carboxylic acids is 1. The zero-order chi connectivity index (χ0) is 14.4. The fraction of sp³-hybridized carbons (Fsp3) is 0.400. The molecule has 20 heavy (non-hydrogen) atoms. The van der Waals surface area contributed by atoms with Gasteiger partial charge < -0.3 is 15.4 Å². The average Bonchev–Trinajstić information content (AvgIpc) is 3.26. The first kappa shape index (κ1) is 14.5. The Kier molecular flexibility index (Phi) is 5.12. The van der Waals surface area contributed by atoms with E-state index < -0.39 is 0 Å². The van der Waals surface area contributed by atoms with Gasteiger partial charge in [0.25, 0.3) is 5.91 Å². The Morgan fingerprint density at radius 2 is 2.30 bits per heavy atom. The molecule has 1 aliphatic carbocycles. The van der Waals surface area contributed by atoms with E-state index in [1.54, 1.807) is 12.1 Å². The molecule has 1 saturated carbocycles. The zero-order valence-corrected chi connectivity index (χ0v) is 11.3. The van der Waals surface area contributed by atoms with E-state index in [4.69, 9.17) is 4.74 Å². The summed E-state index contributed by atoms with van der Waals surface area (Å²) < 4.78 is 18.7. The smallest absolute Gasteiger partial charge is 0.258 e. The Morgan fingerprint density at radius 3 is 3.00 bits per heavy atom. The lowest BCUT2D eigenvalue weighted by Crippen LogP contribution is -2.29. The van der Waals surface area contributed by atoms with Crippen LogP contribution in [0, 0.1) is 5.82 Å². The Morgan fingerprint density at radius 1 is 1.50 bits per heavy atom. The lowest BCUT2D eigenvalue weighted by molar-refractivity contribution is -0.122. The summed E-state index contributed by atoms with van der Waals surface area (Å²) in [4.78, 5) is 11.5. The first-order chi connectivity index (χ1) is 9.69. The third-order valence-corrected chi connectivity index (χ3v) is 2.98. The Labute approximate surface area is 118 Å². The summed E-state index contributed by atoms with van der Waals surface area (Å²) in [6.45, 7) is 4.38. The molecule has 0 aromatic heterocycles. The fourth-order valence-electron chi connectivity index (χ4n) is 1.75. The van der Waals surface area contributed by atoms with Crippen molar-refractivity contribution in [3.8, 4) is 5.75 Å². The van der Waals surface area contributed by atoms with Crippen LogP contribution in [0.1, 0.15) is 18.4 Å². The molecule has 1 aromatic carbocycles. The number of amides is 1. The van der Waals surface area contributed by atoms with Gasteiger partial charge in [-0.25, -0.2) is 4.39 Å². The predicted octanol–water partition coefficient (Wildman–Crippen LogP) is 1.76. The van der Waals surface area contributed by atoms with Gasteiger partial charge in [0.15, 0.2) is 6.61 Å². The second-order valence-corrected chi connectivity index (χ2v) is 4.79. The maximum atomic E-state index is 13.3. The third kappa shape index (κ3) is 4.66. The van der Waals surface area contributed by atoms with E-state index in [1.807, 2.05) is 0 Å². The van der Waals surface area contributed by atoms with Crippen molar-refractivity contribution in [2.24, 2.45) is 0 Å². The molecule has 1 aromatic rings. The van der Waals surface area contributed by atoms with Crippen LogP contribution in [0.4, 0.5) is 4.39 Å². The lowest BCUT2D eigenvalue weighted by atomic mass is 10.2. The molecule has 0 bridgehead atoms. The Hall–Kier alpha value is -1.88. The molecule has 2 N–H and O–H groups in total. The SMILES string of the molecule is C=CCNC(=O)COc1ccc(F)cc1CNC1CC1. The molecule has 0 unspecified atom stereocenters. The van der Waals surface area contributed by atoms with E-state index in [9.17, 15) is 9.18 Å². The number of carbonyl (C=O) groups is 1. The van der Waals surface area contributed by atoms with E-state index >= 15 is 0 Å². The van der Waals surface area contributed by atoms with Crippen molar-refractivity contribution >= 4 is 5.91 Å². The topological polar surface area (TPSA) is 50.4 Å². The van der Waals surface area contributed by atoms with E-state index in [-0.39, 0.29) is 18.3 Å². The van der Waals surface area contributed by atoms with Crippen molar-refractivity contribution < 1.29 is 13.9 Å². The fourth-order valence-corrected chi connectivity index (χ4v) is 1.75. The molecule has 1 aliphatic rings. The molecule has 0 saturated heterocycles. The summed E-state index contributed by atoms with van der Waals surface area (Å²) in [6.07, 6.45) is 3.92. The summed E-state index contributed by atoms with van der Waals surface area (Å²) in [6, 6.07) is 4.85. The van der Waals surface area contributed by atoms with Gasteiger partial charge in [-0.15, -0.1) is 6.58 Å². The van der Waals surface area contributed by atoms with Crippen molar-refractivity contribution in [3.05, 3.63) is 42.2 Å². The van der Waals surface area contributed by atoms with Gasteiger partial charge in [0.1, 0.15) is 11.6 Å². The molecule has 1 fully saturated rings. The highest BCUT2D eigenvalue weighted by Gasteiger charge is 2.20. The number of hydrogen-bond acceptors (Lipinski definition) is 3. The van der Waals surface area contributed by atoms with Gasteiger partial charge in [-0.2, -0.15) is 0 Å². The summed E-state index contributed by atoms with van der Waals surface area (Å²) in [5.74, 6) is 0.00434. The van der Waals surface area contributed by atoms with Crippen LogP contribution in [0.5, 0.6) is 5.75 Å². The van der Waals surface area contributed by atoms with Crippen LogP contribution in [-0.4, -0.2) is 25.1 Å². The van der Waals surface area contributed by atoms with Gasteiger partial charge >= 0.3 is 0 Å². The number of hydrogen-bond donors (Lipinski definition) is 2. The molecule has 0 aliphatic heterocycles. The first-order valence-electron chi connectivity index (χ1n) is 6.71. The predicted molar refractivity (Wildman–Crippen MR) is 75.0 cm³/mol. The van der Waals surface area contributed by atoms with Gasteiger partial charge in [-0.3, -0.25) is 4.79 Å². The van der Waals surface area contributed by atoms with E-state index in [0.717, 1.165) is 18.4 Å². The summed E-state index contributed by atoms with van der Waals surface area (Å²) >= 11 is 0. The molecule has 5 heteroatoms. The van der Waals surface area contributed by atoms with Crippen LogP contribution < -0.4 is 15.4 Å². The highest BCUT2D eigenvalue weighted by Crippen LogP contribution is 2.23. The van der Waals surface area contributed by atoms with Gasteiger partial charge in [0, 0.05) is 24.7 Å². The summed E-state index contributed by atoms with van der Waals surface area (Å²) in [5, 5.41) is 5.92. The molecule has 2 rings (SSSR count). The zero-order valence-electron chi connectivity index (χ0n) is 11.3. The number of nitrogens with one attached hydrogen (secondary N) is 2. The van der Waals surface area contributed by atoms with Crippen LogP contribution in [0.15, 0.2) is 30.9 Å². The molecule has 1 amide bonds. The van der Waals surface area contributed by atoms with Crippen molar-refractivity contribution in [2.75, 3.05) is 13.2 Å². The highest BCUT2D eigenvalue weighted by molar-refractivity contribution is 5.77. The Balaban J connectivity index is 1.90. The van der Waals surface area contributed by atoms with Crippen LogP contribution in [0.3, 0.4) is 0 Å². The maximum Gasteiger partial charge on any atom is 0.258 e. The number of rotatable bonds is 8. The van der Waals surface area contributed by atoms with Crippen molar-refractivity contribution in [2.45, 2.75) is 25.4 Å². The lowest BCUT2D eigenvalue weighted by Gasteiger charge is -2.12. The normalized spacial score (nSPS) is 13.8. The molecule has 0 heterocycles. The third-order valence-electron chi connectivity index (χ3n) is 2.98. The van der Waals surface area contributed by atoms with Gasteiger partial charge in [0.2, 0.25) is 0 Å². The Bertz CT molecular complexity index is 487.